The molecule has 1 aliphatic carbocycles. The standard InChI is InChI=1S/C9H16N2O3/c1-10-4-8(12)11(6-9(13)14)5-7-2-3-7/h7,10H,2-6H2,1H3,(H,13,14). The fourth-order valence-corrected chi connectivity index (χ4v) is 1.29. The molecule has 1 amide bonds. The van der Waals surface area contributed by atoms with Crippen molar-refractivity contribution >= 4 is 11.9 Å². The molecule has 0 aromatic rings. The van der Waals surface area contributed by atoms with Crippen LogP contribution in [0, 0.1) is 5.92 Å². The maximum Gasteiger partial charge on any atom is 0.323 e. The van der Waals surface area contributed by atoms with Gasteiger partial charge in [-0.2, -0.15) is 0 Å². The maximum atomic E-state index is 11.4. The molecular formula is C9H16N2O3. The Morgan fingerprint density at radius 1 is 1.50 bits per heavy atom. The summed E-state index contributed by atoms with van der Waals surface area (Å²) in [7, 11) is 1.67. The first-order chi connectivity index (χ1) is 6.63. The topological polar surface area (TPSA) is 69.6 Å². The van der Waals surface area contributed by atoms with Crippen LogP contribution in [0.3, 0.4) is 0 Å². The van der Waals surface area contributed by atoms with E-state index in [0.29, 0.717) is 12.5 Å². The predicted molar refractivity (Wildman–Crippen MR) is 50.9 cm³/mol. The lowest BCUT2D eigenvalue weighted by atomic mass is 10.3. The fourth-order valence-electron chi connectivity index (χ4n) is 1.29. The van der Waals surface area contributed by atoms with Gasteiger partial charge in [-0.25, -0.2) is 0 Å². The van der Waals surface area contributed by atoms with E-state index in [1.165, 1.54) is 4.90 Å². The van der Waals surface area contributed by atoms with E-state index in [2.05, 4.69) is 5.32 Å². The Balaban J connectivity index is 2.41. The largest absolute Gasteiger partial charge is 0.480 e. The molecule has 1 fully saturated rings. The van der Waals surface area contributed by atoms with Gasteiger partial charge in [0.15, 0.2) is 0 Å². The monoisotopic (exact) mass is 200 g/mol. The summed E-state index contributed by atoms with van der Waals surface area (Å²) in [5, 5.41) is 11.4. The molecule has 0 aromatic heterocycles. The summed E-state index contributed by atoms with van der Waals surface area (Å²) in [6, 6.07) is 0. The van der Waals surface area contributed by atoms with Gasteiger partial charge in [-0.3, -0.25) is 9.59 Å². The molecule has 2 N–H and O–H groups in total. The normalized spacial score (nSPS) is 15.2. The van der Waals surface area contributed by atoms with Crippen LogP contribution in [0.2, 0.25) is 0 Å². The second kappa shape index (κ2) is 4.95. The Bertz CT molecular complexity index is 226. The molecule has 5 heteroatoms. The van der Waals surface area contributed by atoms with E-state index in [9.17, 15) is 9.59 Å². The molecule has 0 bridgehead atoms. The minimum absolute atomic E-state index is 0.137. The summed E-state index contributed by atoms with van der Waals surface area (Å²) < 4.78 is 0. The Labute approximate surface area is 83.1 Å². The lowest BCUT2D eigenvalue weighted by molar-refractivity contribution is -0.144. The van der Waals surface area contributed by atoms with Crippen molar-refractivity contribution in [1.82, 2.24) is 10.2 Å². The molecule has 0 radical (unpaired) electrons. The van der Waals surface area contributed by atoms with Crippen LogP contribution in [-0.2, 0) is 9.59 Å². The highest BCUT2D eigenvalue weighted by Crippen LogP contribution is 2.29. The third-order valence-electron chi connectivity index (χ3n) is 2.18. The number of rotatable bonds is 6. The highest BCUT2D eigenvalue weighted by Gasteiger charge is 2.27. The molecule has 0 unspecified atom stereocenters. The number of likely N-dealkylation sites (N-methyl/N-ethyl adjacent to an activating group) is 1. The zero-order chi connectivity index (χ0) is 10.6. The van der Waals surface area contributed by atoms with Crippen molar-refractivity contribution in [3.8, 4) is 0 Å². The van der Waals surface area contributed by atoms with Gasteiger partial charge >= 0.3 is 5.97 Å². The maximum absolute atomic E-state index is 11.4. The highest BCUT2D eigenvalue weighted by molar-refractivity contribution is 5.82. The Hall–Kier alpha value is -1.10. The molecule has 14 heavy (non-hydrogen) atoms. The van der Waals surface area contributed by atoms with E-state index in [1.807, 2.05) is 0 Å². The molecule has 5 nitrogen and oxygen atoms in total. The number of carbonyl (C=O) groups excluding carboxylic acids is 1. The van der Waals surface area contributed by atoms with Crippen LogP contribution >= 0.6 is 0 Å². The number of hydrogen-bond acceptors (Lipinski definition) is 3. The lowest BCUT2D eigenvalue weighted by Crippen LogP contribution is -2.41. The smallest absolute Gasteiger partial charge is 0.323 e. The number of nitrogens with one attached hydrogen (secondary N) is 1. The van der Waals surface area contributed by atoms with Gasteiger partial charge in [0, 0.05) is 6.54 Å². The van der Waals surface area contributed by atoms with Crippen LogP contribution in [0.4, 0.5) is 0 Å². The summed E-state index contributed by atoms with van der Waals surface area (Å²) in [6.45, 7) is 0.615. The van der Waals surface area contributed by atoms with E-state index in [1.54, 1.807) is 7.05 Å². The Morgan fingerprint density at radius 2 is 2.14 bits per heavy atom. The van der Waals surface area contributed by atoms with Crippen molar-refractivity contribution in [2.75, 3.05) is 26.7 Å². The van der Waals surface area contributed by atoms with Crippen LogP contribution in [-0.4, -0.2) is 48.6 Å². The fraction of sp³-hybridized carbons (Fsp3) is 0.778. The number of amides is 1. The predicted octanol–water partition coefficient (Wildman–Crippen LogP) is -0.471. The van der Waals surface area contributed by atoms with Crippen molar-refractivity contribution in [2.24, 2.45) is 5.92 Å². The quantitative estimate of drug-likeness (QED) is 0.608. The van der Waals surface area contributed by atoms with Gasteiger partial charge in [0.2, 0.25) is 5.91 Å². The molecule has 80 valence electrons. The van der Waals surface area contributed by atoms with Gasteiger partial charge in [0.25, 0.3) is 0 Å². The summed E-state index contributed by atoms with van der Waals surface area (Å²) in [5.74, 6) is -0.563. The number of carboxylic acid groups (broad SMARTS) is 1. The van der Waals surface area contributed by atoms with Gasteiger partial charge in [0.1, 0.15) is 6.54 Å². The molecular weight excluding hydrogens is 184 g/mol. The number of hydrogen-bond donors (Lipinski definition) is 2. The van der Waals surface area contributed by atoms with E-state index >= 15 is 0 Å². The molecule has 0 saturated heterocycles. The van der Waals surface area contributed by atoms with Gasteiger partial charge in [0.05, 0.1) is 6.54 Å². The first kappa shape index (κ1) is 11.0. The van der Waals surface area contributed by atoms with Crippen LogP contribution in [0.25, 0.3) is 0 Å². The molecule has 0 atom stereocenters. The summed E-state index contributed by atoms with van der Waals surface area (Å²) in [6.07, 6.45) is 2.23. The summed E-state index contributed by atoms with van der Waals surface area (Å²) in [5.41, 5.74) is 0. The number of aliphatic carboxylic acids is 1. The SMILES string of the molecule is CNCC(=O)N(CC(=O)O)CC1CC1. The van der Waals surface area contributed by atoms with Crippen LogP contribution in [0.5, 0.6) is 0 Å². The average molecular weight is 200 g/mol. The lowest BCUT2D eigenvalue weighted by Gasteiger charge is -2.20. The third kappa shape index (κ3) is 3.74. The van der Waals surface area contributed by atoms with E-state index in [0.717, 1.165) is 12.8 Å². The van der Waals surface area contributed by atoms with Crippen molar-refractivity contribution in [3.05, 3.63) is 0 Å². The van der Waals surface area contributed by atoms with Gasteiger partial charge in [-0.05, 0) is 25.8 Å². The van der Waals surface area contributed by atoms with Crippen molar-refractivity contribution in [1.29, 1.82) is 0 Å². The van der Waals surface area contributed by atoms with Gasteiger partial charge in [-0.1, -0.05) is 0 Å². The molecule has 1 saturated carbocycles. The number of carboxylic acids is 1. The minimum Gasteiger partial charge on any atom is -0.480 e. The van der Waals surface area contributed by atoms with Crippen LogP contribution < -0.4 is 5.32 Å². The summed E-state index contributed by atoms with van der Waals surface area (Å²) in [4.78, 5) is 23.4. The molecule has 0 aromatic carbocycles. The zero-order valence-electron chi connectivity index (χ0n) is 8.32. The van der Waals surface area contributed by atoms with E-state index in [4.69, 9.17) is 5.11 Å². The third-order valence-corrected chi connectivity index (χ3v) is 2.18. The first-order valence-corrected chi connectivity index (χ1v) is 4.77. The second-order valence-electron chi connectivity index (χ2n) is 3.64. The van der Waals surface area contributed by atoms with Crippen LogP contribution in [0.15, 0.2) is 0 Å². The van der Waals surface area contributed by atoms with Crippen molar-refractivity contribution in [3.63, 3.8) is 0 Å². The van der Waals surface area contributed by atoms with E-state index in [-0.39, 0.29) is 19.0 Å². The second-order valence-corrected chi connectivity index (χ2v) is 3.64. The van der Waals surface area contributed by atoms with E-state index < -0.39 is 5.97 Å². The molecule has 0 heterocycles. The average Bonchev–Trinajstić information content (AvgIpc) is 2.86. The van der Waals surface area contributed by atoms with Crippen molar-refractivity contribution < 1.29 is 14.7 Å². The Kier molecular flexibility index (Phi) is 3.88. The van der Waals surface area contributed by atoms with Gasteiger partial charge < -0.3 is 15.3 Å². The van der Waals surface area contributed by atoms with Crippen LogP contribution in [0.1, 0.15) is 12.8 Å². The number of carbonyl (C=O) groups is 2. The van der Waals surface area contributed by atoms with Crippen molar-refractivity contribution in [2.45, 2.75) is 12.8 Å². The first-order valence-electron chi connectivity index (χ1n) is 4.77. The van der Waals surface area contributed by atoms with Gasteiger partial charge in [-0.15, -0.1) is 0 Å². The minimum atomic E-state index is -0.949. The number of nitrogens with zero attached hydrogens (tertiary/aromatic N) is 1. The Morgan fingerprint density at radius 3 is 2.57 bits per heavy atom. The summed E-state index contributed by atoms with van der Waals surface area (Å²) >= 11 is 0. The highest BCUT2D eigenvalue weighted by atomic mass is 16.4. The molecule has 0 aliphatic heterocycles. The molecule has 0 spiro atoms. The zero-order valence-corrected chi connectivity index (χ0v) is 8.32. The molecule has 1 rings (SSSR count). The molecule has 1 aliphatic rings.